The molecule has 7 nitrogen and oxygen atoms in total. The van der Waals surface area contributed by atoms with Crippen molar-refractivity contribution in [2.45, 2.75) is 18.9 Å². The molecule has 0 bridgehead atoms. The van der Waals surface area contributed by atoms with Crippen molar-refractivity contribution in [2.24, 2.45) is 0 Å². The smallest absolute Gasteiger partial charge is 0.313 e. The number of para-hydroxylation sites is 1. The van der Waals surface area contributed by atoms with Crippen LogP contribution >= 0.6 is 0 Å². The molecular weight excluding hydrogens is 274 g/mol. The van der Waals surface area contributed by atoms with E-state index < -0.39 is 11.8 Å². The first-order valence-corrected chi connectivity index (χ1v) is 6.71. The molecular formula is C14H17N3O4. The van der Waals surface area contributed by atoms with Crippen molar-refractivity contribution in [3.05, 3.63) is 29.8 Å². The van der Waals surface area contributed by atoms with Crippen LogP contribution in [0.4, 0.5) is 5.69 Å². The van der Waals surface area contributed by atoms with Crippen LogP contribution in [0.1, 0.15) is 23.2 Å². The van der Waals surface area contributed by atoms with Gasteiger partial charge in [-0.15, -0.1) is 0 Å². The van der Waals surface area contributed by atoms with Crippen molar-refractivity contribution >= 4 is 23.4 Å². The molecule has 4 N–H and O–H groups in total. The monoisotopic (exact) mass is 291 g/mol. The highest BCUT2D eigenvalue weighted by molar-refractivity contribution is 6.40. The molecule has 21 heavy (non-hydrogen) atoms. The van der Waals surface area contributed by atoms with E-state index in [2.05, 4.69) is 16.0 Å². The van der Waals surface area contributed by atoms with Crippen molar-refractivity contribution in [3.8, 4) is 0 Å². The second-order valence-corrected chi connectivity index (χ2v) is 4.73. The Kier molecular flexibility index (Phi) is 4.89. The number of carbonyl (C=O) groups excluding carboxylic acids is 3. The first kappa shape index (κ1) is 15.0. The van der Waals surface area contributed by atoms with Crippen molar-refractivity contribution in [1.29, 1.82) is 0 Å². The molecule has 0 spiro atoms. The molecule has 2 rings (SSSR count). The quantitative estimate of drug-likeness (QED) is 0.555. The first-order chi connectivity index (χ1) is 10.1. The van der Waals surface area contributed by atoms with Gasteiger partial charge in [-0.25, -0.2) is 0 Å². The lowest BCUT2D eigenvalue weighted by Crippen LogP contribution is -2.37. The predicted octanol–water partition coefficient (Wildman–Crippen LogP) is -0.374. The molecule has 1 aliphatic carbocycles. The average Bonchev–Trinajstić information content (AvgIpc) is 3.29. The van der Waals surface area contributed by atoms with Crippen LogP contribution in [0.5, 0.6) is 0 Å². The van der Waals surface area contributed by atoms with E-state index in [0.29, 0.717) is 5.56 Å². The van der Waals surface area contributed by atoms with Crippen LogP contribution in [-0.2, 0) is 9.59 Å². The SMILES string of the molecule is O=C(NCCO)C(=O)Nc1ccccc1C(=O)NC1CC1. The maximum absolute atomic E-state index is 12.0. The van der Waals surface area contributed by atoms with Gasteiger partial charge in [0.25, 0.3) is 5.91 Å². The zero-order chi connectivity index (χ0) is 15.2. The summed E-state index contributed by atoms with van der Waals surface area (Å²) in [6.45, 7) is -0.254. The summed E-state index contributed by atoms with van der Waals surface area (Å²) in [5.41, 5.74) is 0.590. The molecule has 0 atom stereocenters. The summed E-state index contributed by atoms with van der Waals surface area (Å²) in [6, 6.07) is 6.69. The van der Waals surface area contributed by atoms with Gasteiger partial charge in [-0.1, -0.05) is 12.1 Å². The lowest BCUT2D eigenvalue weighted by molar-refractivity contribution is -0.136. The highest BCUT2D eigenvalue weighted by Gasteiger charge is 2.25. The molecule has 0 heterocycles. The number of rotatable bonds is 5. The van der Waals surface area contributed by atoms with Gasteiger partial charge in [0.2, 0.25) is 0 Å². The van der Waals surface area contributed by atoms with Crippen molar-refractivity contribution in [1.82, 2.24) is 10.6 Å². The van der Waals surface area contributed by atoms with E-state index in [0.717, 1.165) is 12.8 Å². The zero-order valence-electron chi connectivity index (χ0n) is 11.4. The number of aliphatic hydroxyl groups is 1. The molecule has 1 aliphatic rings. The molecule has 7 heteroatoms. The minimum absolute atomic E-state index is 0.00390. The Labute approximate surface area is 121 Å². The number of hydrogen-bond donors (Lipinski definition) is 4. The Bertz CT molecular complexity index is 555. The van der Waals surface area contributed by atoms with Crippen LogP contribution < -0.4 is 16.0 Å². The third-order valence-corrected chi connectivity index (χ3v) is 2.94. The molecule has 0 aromatic heterocycles. The summed E-state index contributed by atoms with van der Waals surface area (Å²) < 4.78 is 0. The molecule has 0 saturated heterocycles. The van der Waals surface area contributed by atoms with Gasteiger partial charge in [0, 0.05) is 12.6 Å². The molecule has 1 aromatic rings. The van der Waals surface area contributed by atoms with Crippen molar-refractivity contribution in [2.75, 3.05) is 18.5 Å². The van der Waals surface area contributed by atoms with Crippen LogP contribution in [-0.4, -0.2) is 42.0 Å². The third kappa shape index (κ3) is 4.28. The minimum Gasteiger partial charge on any atom is -0.395 e. The number of aliphatic hydroxyl groups excluding tert-OH is 1. The Morgan fingerprint density at radius 2 is 1.86 bits per heavy atom. The second kappa shape index (κ2) is 6.85. The molecule has 0 radical (unpaired) electrons. The van der Waals surface area contributed by atoms with Crippen molar-refractivity contribution < 1.29 is 19.5 Å². The van der Waals surface area contributed by atoms with E-state index in [1.165, 1.54) is 0 Å². The number of hydrogen-bond acceptors (Lipinski definition) is 4. The van der Waals surface area contributed by atoms with Gasteiger partial charge in [-0.2, -0.15) is 0 Å². The van der Waals surface area contributed by atoms with E-state index >= 15 is 0 Å². The van der Waals surface area contributed by atoms with E-state index in [1.54, 1.807) is 24.3 Å². The van der Waals surface area contributed by atoms with Gasteiger partial charge in [0.05, 0.1) is 17.9 Å². The molecule has 1 aromatic carbocycles. The zero-order valence-corrected chi connectivity index (χ0v) is 11.4. The van der Waals surface area contributed by atoms with E-state index in [9.17, 15) is 14.4 Å². The summed E-state index contributed by atoms with van der Waals surface area (Å²) in [7, 11) is 0. The normalized spacial score (nSPS) is 13.4. The second-order valence-electron chi connectivity index (χ2n) is 4.73. The van der Waals surface area contributed by atoms with E-state index in [-0.39, 0.29) is 30.8 Å². The molecule has 1 fully saturated rings. The highest BCUT2D eigenvalue weighted by atomic mass is 16.3. The maximum Gasteiger partial charge on any atom is 0.313 e. The Morgan fingerprint density at radius 3 is 2.52 bits per heavy atom. The lowest BCUT2D eigenvalue weighted by Gasteiger charge is -2.11. The fraction of sp³-hybridized carbons (Fsp3) is 0.357. The summed E-state index contributed by atoms with van der Waals surface area (Å²) in [4.78, 5) is 35.2. The van der Waals surface area contributed by atoms with Gasteiger partial charge in [0.1, 0.15) is 0 Å². The Balaban J connectivity index is 2.03. The Morgan fingerprint density at radius 1 is 1.14 bits per heavy atom. The number of amides is 3. The summed E-state index contributed by atoms with van der Waals surface area (Å²) in [5, 5.41) is 16.1. The molecule has 0 aliphatic heterocycles. The topological polar surface area (TPSA) is 108 Å². The number of anilines is 1. The van der Waals surface area contributed by atoms with Gasteiger partial charge in [0.15, 0.2) is 0 Å². The largest absolute Gasteiger partial charge is 0.395 e. The Hall–Kier alpha value is -2.41. The van der Waals surface area contributed by atoms with Crippen LogP contribution in [0.25, 0.3) is 0 Å². The summed E-state index contributed by atoms with van der Waals surface area (Å²) in [5.74, 6) is -2.01. The predicted molar refractivity (Wildman–Crippen MR) is 75.7 cm³/mol. The maximum atomic E-state index is 12.0. The summed E-state index contributed by atoms with van der Waals surface area (Å²) >= 11 is 0. The standard InChI is InChI=1S/C14H17N3O4/c18-8-7-15-13(20)14(21)17-11-4-2-1-3-10(11)12(19)16-9-5-6-9/h1-4,9,18H,5-8H2,(H,15,20)(H,16,19)(H,17,21). The van der Waals surface area contributed by atoms with Crippen LogP contribution in [0.15, 0.2) is 24.3 Å². The van der Waals surface area contributed by atoms with Crippen LogP contribution in [0.2, 0.25) is 0 Å². The van der Waals surface area contributed by atoms with E-state index in [1.807, 2.05) is 0 Å². The number of benzene rings is 1. The number of nitrogens with one attached hydrogen (secondary N) is 3. The van der Waals surface area contributed by atoms with Gasteiger partial charge < -0.3 is 21.1 Å². The molecule has 1 saturated carbocycles. The lowest BCUT2D eigenvalue weighted by atomic mass is 10.1. The third-order valence-electron chi connectivity index (χ3n) is 2.94. The first-order valence-electron chi connectivity index (χ1n) is 6.71. The molecule has 3 amide bonds. The minimum atomic E-state index is -0.880. The van der Waals surface area contributed by atoms with Gasteiger partial charge in [-0.05, 0) is 25.0 Å². The van der Waals surface area contributed by atoms with Crippen LogP contribution in [0.3, 0.4) is 0 Å². The molecule has 112 valence electrons. The molecule has 0 unspecified atom stereocenters. The van der Waals surface area contributed by atoms with Gasteiger partial charge >= 0.3 is 11.8 Å². The van der Waals surface area contributed by atoms with Gasteiger partial charge in [-0.3, -0.25) is 14.4 Å². The van der Waals surface area contributed by atoms with Crippen LogP contribution in [0, 0.1) is 0 Å². The fourth-order valence-electron chi connectivity index (χ4n) is 1.71. The average molecular weight is 291 g/mol. The van der Waals surface area contributed by atoms with Crippen molar-refractivity contribution in [3.63, 3.8) is 0 Å². The summed E-state index contributed by atoms with van der Waals surface area (Å²) in [6.07, 6.45) is 1.92. The van der Waals surface area contributed by atoms with E-state index in [4.69, 9.17) is 5.11 Å². The number of carbonyl (C=O) groups is 3. The fourth-order valence-corrected chi connectivity index (χ4v) is 1.71. The highest BCUT2D eigenvalue weighted by Crippen LogP contribution is 2.21.